The number of halogens is 5. The molecule has 1 aliphatic rings. The van der Waals surface area contributed by atoms with Crippen LogP contribution in [0.2, 0.25) is 0 Å². The van der Waals surface area contributed by atoms with Gasteiger partial charge in [0.15, 0.2) is 0 Å². The van der Waals surface area contributed by atoms with Crippen LogP contribution >= 0.6 is 24.8 Å². The first-order chi connectivity index (χ1) is 10.8. The Morgan fingerprint density at radius 1 is 1.28 bits per heavy atom. The highest BCUT2D eigenvalue weighted by Crippen LogP contribution is 2.37. The van der Waals surface area contributed by atoms with Gasteiger partial charge in [0.05, 0.1) is 10.5 Å². The van der Waals surface area contributed by atoms with Crippen LogP contribution in [0.3, 0.4) is 0 Å². The highest BCUT2D eigenvalue weighted by Gasteiger charge is 2.34. The zero-order chi connectivity index (χ0) is 17.0. The number of piperazine rings is 1. The molecule has 0 saturated carbocycles. The highest BCUT2D eigenvalue weighted by molar-refractivity contribution is 5.85. The SMILES string of the molecule is Cl.Cl.O=[N+]([O-])c1ccc(O)cc1[C@@H](CCC(F)(F)F)N1CCNCC1. The van der Waals surface area contributed by atoms with E-state index in [0.717, 1.165) is 6.07 Å². The fourth-order valence-corrected chi connectivity index (χ4v) is 2.80. The van der Waals surface area contributed by atoms with E-state index in [0.29, 0.717) is 26.2 Å². The van der Waals surface area contributed by atoms with Crippen molar-refractivity contribution in [3.8, 4) is 5.75 Å². The van der Waals surface area contributed by atoms with Crippen LogP contribution in [0, 0.1) is 10.1 Å². The molecule has 144 valence electrons. The summed E-state index contributed by atoms with van der Waals surface area (Å²) in [5, 5.41) is 23.9. The molecule has 1 aliphatic heterocycles. The molecule has 1 saturated heterocycles. The molecule has 1 aromatic rings. The van der Waals surface area contributed by atoms with Gasteiger partial charge in [-0.15, -0.1) is 24.8 Å². The largest absolute Gasteiger partial charge is 0.508 e. The van der Waals surface area contributed by atoms with Crippen molar-refractivity contribution in [1.29, 1.82) is 0 Å². The molecule has 6 nitrogen and oxygen atoms in total. The van der Waals surface area contributed by atoms with E-state index in [1.165, 1.54) is 12.1 Å². The van der Waals surface area contributed by atoms with Gasteiger partial charge in [0.1, 0.15) is 5.75 Å². The van der Waals surface area contributed by atoms with E-state index >= 15 is 0 Å². The zero-order valence-corrected chi connectivity index (χ0v) is 14.8. The average Bonchev–Trinajstić information content (AvgIpc) is 2.47. The van der Waals surface area contributed by atoms with E-state index < -0.39 is 23.6 Å². The molecule has 1 fully saturated rings. The second-order valence-corrected chi connectivity index (χ2v) is 5.46. The van der Waals surface area contributed by atoms with Crippen molar-refractivity contribution >= 4 is 30.5 Å². The van der Waals surface area contributed by atoms with Gasteiger partial charge in [-0.05, 0) is 18.6 Å². The number of nitro benzene ring substituents is 1. The Balaban J connectivity index is 0.00000288. The fourth-order valence-electron chi connectivity index (χ4n) is 2.80. The van der Waals surface area contributed by atoms with Gasteiger partial charge in [0, 0.05) is 44.7 Å². The van der Waals surface area contributed by atoms with E-state index in [4.69, 9.17) is 0 Å². The van der Waals surface area contributed by atoms with E-state index in [1.54, 1.807) is 4.90 Å². The quantitative estimate of drug-likeness (QED) is 0.579. The van der Waals surface area contributed by atoms with E-state index in [-0.39, 0.29) is 48.2 Å². The molecule has 1 aromatic carbocycles. The predicted molar refractivity (Wildman–Crippen MR) is 91.7 cm³/mol. The van der Waals surface area contributed by atoms with Gasteiger partial charge in [0.25, 0.3) is 5.69 Å². The van der Waals surface area contributed by atoms with Crippen molar-refractivity contribution < 1.29 is 23.2 Å². The number of hydrogen-bond donors (Lipinski definition) is 2. The lowest BCUT2D eigenvalue weighted by atomic mass is 9.97. The number of benzene rings is 1. The molecule has 0 unspecified atom stereocenters. The van der Waals surface area contributed by atoms with Gasteiger partial charge in [-0.3, -0.25) is 15.0 Å². The Labute approximate surface area is 155 Å². The van der Waals surface area contributed by atoms with Gasteiger partial charge in [-0.2, -0.15) is 13.2 Å². The summed E-state index contributed by atoms with van der Waals surface area (Å²) >= 11 is 0. The molecule has 0 aliphatic carbocycles. The number of aromatic hydroxyl groups is 1. The number of rotatable bonds is 5. The van der Waals surface area contributed by atoms with Crippen molar-refractivity contribution in [2.75, 3.05) is 26.2 Å². The van der Waals surface area contributed by atoms with Crippen molar-refractivity contribution in [1.82, 2.24) is 10.2 Å². The number of phenols is 1. The van der Waals surface area contributed by atoms with E-state index in [1.807, 2.05) is 0 Å². The summed E-state index contributed by atoms with van der Waals surface area (Å²) in [5.74, 6) is -0.197. The molecule has 2 rings (SSSR count). The number of nitrogens with one attached hydrogen (secondary N) is 1. The molecule has 0 spiro atoms. The molecule has 1 atom stereocenters. The first-order valence-corrected chi connectivity index (χ1v) is 7.27. The fraction of sp³-hybridized carbons (Fsp3) is 0.571. The second kappa shape index (κ2) is 10.0. The van der Waals surface area contributed by atoms with Crippen molar-refractivity contribution in [2.45, 2.75) is 25.1 Å². The van der Waals surface area contributed by atoms with Gasteiger partial charge in [-0.25, -0.2) is 0 Å². The minimum absolute atomic E-state index is 0. The first-order valence-electron chi connectivity index (χ1n) is 7.27. The van der Waals surface area contributed by atoms with Crippen LogP contribution in [0.5, 0.6) is 5.75 Å². The molecule has 25 heavy (non-hydrogen) atoms. The Hall–Kier alpha value is -1.29. The third kappa shape index (κ3) is 6.85. The van der Waals surface area contributed by atoms with Crippen LogP contribution in [-0.4, -0.2) is 47.3 Å². The third-order valence-corrected chi connectivity index (χ3v) is 3.86. The zero-order valence-electron chi connectivity index (χ0n) is 13.2. The number of nitrogens with zero attached hydrogens (tertiary/aromatic N) is 2. The maximum Gasteiger partial charge on any atom is 0.389 e. The molecule has 1 heterocycles. The Morgan fingerprint density at radius 2 is 1.88 bits per heavy atom. The molecule has 0 bridgehead atoms. The van der Waals surface area contributed by atoms with Crippen LogP contribution in [0.4, 0.5) is 18.9 Å². The third-order valence-electron chi connectivity index (χ3n) is 3.86. The van der Waals surface area contributed by atoms with Crippen LogP contribution in [0.15, 0.2) is 18.2 Å². The summed E-state index contributed by atoms with van der Waals surface area (Å²) in [4.78, 5) is 12.4. The summed E-state index contributed by atoms with van der Waals surface area (Å²) in [6.07, 6.45) is -5.65. The van der Waals surface area contributed by atoms with Gasteiger partial charge in [-0.1, -0.05) is 0 Å². The molecular formula is C14H20Cl2F3N3O3. The lowest BCUT2D eigenvalue weighted by molar-refractivity contribution is -0.386. The lowest BCUT2D eigenvalue weighted by Gasteiger charge is -2.35. The van der Waals surface area contributed by atoms with Crippen LogP contribution in [0.1, 0.15) is 24.4 Å². The predicted octanol–water partition coefficient (Wildman–Crippen LogP) is 3.43. The molecule has 0 amide bonds. The summed E-state index contributed by atoms with van der Waals surface area (Å²) in [7, 11) is 0. The standard InChI is InChI=1S/C14H18F3N3O3.2ClH/c15-14(16,17)4-3-12(19-7-5-18-6-8-19)11-9-10(21)1-2-13(11)20(22)23;;/h1-2,9,12,18,21H,3-8H2;2*1H/t12-;;/m1../s1. The maximum absolute atomic E-state index is 12.6. The number of nitro groups is 1. The van der Waals surface area contributed by atoms with Gasteiger partial charge in [0.2, 0.25) is 0 Å². The maximum atomic E-state index is 12.6. The molecular weight excluding hydrogens is 386 g/mol. The smallest absolute Gasteiger partial charge is 0.389 e. The van der Waals surface area contributed by atoms with Crippen molar-refractivity contribution in [2.24, 2.45) is 0 Å². The van der Waals surface area contributed by atoms with Gasteiger partial charge >= 0.3 is 6.18 Å². The molecule has 2 N–H and O–H groups in total. The minimum Gasteiger partial charge on any atom is -0.508 e. The number of alkyl halides is 3. The Bertz CT molecular complexity index is 570. The monoisotopic (exact) mass is 405 g/mol. The van der Waals surface area contributed by atoms with Crippen LogP contribution in [-0.2, 0) is 0 Å². The average molecular weight is 406 g/mol. The lowest BCUT2D eigenvalue weighted by Crippen LogP contribution is -2.45. The van der Waals surface area contributed by atoms with Crippen molar-refractivity contribution in [3.63, 3.8) is 0 Å². The van der Waals surface area contributed by atoms with E-state index in [9.17, 15) is 28.4 Å². The van der Waals surface area contributed by atoms with E-state index in [2.05, 4.69) is 5.32 Å². The minimum atomic E-state index is -4.34. The topological polar surface area (TPSA) is 78.6 Å². The number of hydrogen-bond acceptors (Lipinski definition) is 5. The highest BCUT2D eigenvalue weighted by atomic mass is 35.5. The summed E-state index contributed by atoms with van der Waals surface area (Å²) < 4.78 is 37.9. The van der Waals surface area contributed by atoms with Gasteiger partial charge < -0.3 is 10.4 Å². The van der Waals surface area contributed by atoms with Crippen LogP contribution < -0.4 is 5.32 Å². The Morgan fingerprint density at radius 3 is 2.40 bits per heavy atom. The normalized spacial score (nSPS) is 16.4. The molecule has 0 aromatic heterocycles. The molecule has 11 heteroatoms. The summed E-state index contributed by atoms with van der Waals surface area (Å²) in [6.45, 7) is 2.20. The first kappa shape index (κ1) is 23.7. The summed E-state index contributed by atoms with van der Waals surface area (Å²) in [5.41, 5.74) is -0.144. The Kier molecular flexibility index (Phi) is 9.49. The number of phenolic OH excluding ortho intramolecular Hbond substituents is 1. The molecule has 0 radical (unpaired) electrons. The summed E-state index contributed by atoms with van der Waals surface area (Å²) in [6, 6.07) is 2.74. The second-order valence-electron chi connectivity index (χ2n) is 5.46. The van der Waals surface area contributed by atoms with Crippen LogP contribution in [0.25, 0.3) is 0 Å². The van der Waals surface area contributed by atoms with Crippen molar-refractivity contribution in [3.05, 3.63) is 33.9 Å².